The van der Waals surface area contributed by atoms with Crippen LogP contribution < -0.4 is 19.1 Å². The molecule has 0 unspecified atom stereocenters. The zero-order chi connectivity index (χ0) is 12.7. The molecule has 1 aromatic rings. The van der Waals surface area contributed by atoms with E-state index in [9.17, 15) is 0 Å². The maximum atomic E-state index is 5.74. The van der Waals surface area contributed by atoms with E-state index in [1.54, 1.807) is 14.2 Å². The van der Waals surface area contributed by atoms with Gasteiger partial charge in [0.2, 0.25) is 5.75 Å². The third kappa shape index (κ3) is 4.15. The minimum atomic E-state index is 0.669. The Morgan fingerprint density at radius 2 is 1.65 bits per heavy atom. The fourth-order valence-corrected chi connectivity index (χ4v) is 1.56. The number of rotatable bonds is 7. The number of benzene rings is 1. The second-order valence-electron chi connectivity index (χ2n) is 4.15. The molecule has 0 aliphatic heterocycles. The van der Waals surface area contributed by atoms with Crippen molar-refractivity contribution in [3.63, 3.8) is 0 Å². The highest BCUT2D eigenvalue weighted by Gasteiger charge is 2.10. The topological polar surface area (TPSA) is 32.1 Å². The standard InChI is InChI=1S/C13H21NO3/c1-14(2)9-6-10-17-13-11(15-3)7-5-8-12(13)16-4/h5,7-8H,6,9-10H2,1-4H3/p+1. The number of hydrogen-bond acceptors (Lipinski definition) is 3. The number of nitrogens with one attached hydrogen (secondary N) is 1. The number of ether oxygens (including phenoxy) is 3. The summed E-state index contributed by atoms with van der Waals surface area (Å²) < 4.78 is 16.2. The smallest absolute Gasteiger partial charge is 0.203 e. The molecule has 1 N–H and O–H groups in total. The minimum Gasteiger partial charge on any atom is -0.493 e. The summed E-state index contributed by atoms with van der Waals surface area (Å²) in [7, 11) is 7.52. The van der Waals surface area contributed by atoms with Crippen LogP contribution in [0.3, 0.4) is 0 Å². The van der Waals surface area contributed by atoms with Gasteiger partial charge in [-0.25, -0.2) is 0 Å². The molecule has 4 heteroatoms. The van der Waals surface area contributed by atoms with Crippen molar-refractivity contribution >= 4 is 0 Å². The molecule has 0 aromatic heterocycles. The Hall–Kier alpha value is -1.42. The SMILES string of the molecule is COc1cccc(OC)c1OCCC[NH+](C)C. The fraction of sp³-hybridized carbons (Fsp3) is 0.538. The van der Waals surface area contributed by atoms with E-state index in [1.807, 2.05) is 18.2 Å². The average Bonchev–Trinajstić information content (AvgIpc) is 2.34. The van der Waals surface area contributed by atoms with Gasteiger partial charge in [-0.1, -0.05) is 6.07 Å². The molecule has 17 heavy (non-hydrogen) atoms. The predicted octanol–water partition coefficient (Wildman–Crippen LogP) is 0.617. The van der Waals surface area contributed by atoms with E-state index in [0.29, 0.717) is 23.9 Å². The van der Waals surface area contributed by atoms with Crippen LogP contribution in [0.5, 0.6) is 17.2 Å². The minimum absolute atomic E-state index is 0.669. The molecule has 1 rings (SSSR count). The van der Waals surface area contributed by atoms with Crippen LogP contribution in [0.4, 0.5) is 0 Å². The fourth-order valence-electron chi connectivity index (χ4n) is 1.56. The Kier molecular flexibility index (Phi) is 5.63. The Labute approximate surface area is 103 Å². The summed E-state index contributed by atoms with van der Waals surface area (Å²) in [5.41, 5.74) is 0. The molecule has 0 spiro atoms. The van der Waals surface area contributed by atoms with Gasteiger partial charge in [-0.2, -0.15) is 0 Å². The molecule has 0 saturated heterocycles. The number of hydrogen-bond donors (Lipinski definition) is 1. The van der Waals surface area contributed by atoms with Gasteiger partial charge in [0.1, 0.15) is 0 Å². The van der Waals surface area contributed by atoms with Crippen LogP contribution in [0.2, 0.25) is 0 Å². The lowest BCUT2D eigenvalue weighted by Gasteiger charge is -2.14. The molecule has 0 amide bonds. The molecule has 4 nitrogen and oxygen atoms in total. The van der Waals surface area contributed by atoms with Crippen LogP contribution in [-0.4, -0.2) is 41.5 Å². The molecule has 0 aliphatic rings. The number of para-hydroxylation sites is 1. The summed E-state index contributed by atoms with van der Waals surface area (Å²) in [6.45, 7) is 1.75. The number of methoxy groups -OCH3 is 2. The largest absolute Gasteiger partial charge is 0.493 e. The van der Waals surface area contributed by atoms with Gasteiger partial charge < -0.3 is 19.1 Å². The Morgan fingerprint density at radius 3 is 2.12 bits per heavy atom. The van der Waals surface area contributed by atoms with E-state index in [0.717, 1.165) is 13.0 Å². The Morgan fingerprint density at radius 1 is 1.06 bits per heavy atom. The second kappa shape index (κ2) is 7.01. The summed E-state index contributed by atoms with van der Waals surface area (Å²) in [4.78, 5) is 1.42. The maximum Gasteiger partial charge on any atom is 0.203 e. The van der Waals surface area contributed by atoms with Gasteiger partial charge in [-0.05, 0) is 12.1 Å². The van der Waals surface area contributed by atoms with Crippen molar-refractivity contribution in [2.45, 2.75) is 6.42 Å². The normalized spacial score (nSPS) is 10.4. The zero-order valence-electron chi connectivity index (χ0n) is 11.1. The summed E-state index contributed by atoms with van der Waals surface area (Å²) in [5.74, 6) is 2.11. The molecular weight excluding hydrogens is 218 g/mol. The summed E-state index contributed by atoms with van der Waals surface area (Å²) in [5, 5.41) is 0. The monoisotopic (exact) mass is 240 g/mol. The lowest BCUT2D eigenvalue weighted by molar-refractivity contribution is -0.858. The van der Waals surface area contributed by atoms with Crippen LogP contribution in [0.25, 0.3) is 0 Å². The Balaban J connectivity index is 2.61. The maximum absolute atomic E-state index is 5.74. The van der Waals surface area contributed by atoms with Crippen molar-refractivity contribution in [3.8, 4) is 17.2 Å². The van der Waals surface area contributed by atoms with Gasteiger partial charge in [0.15, 0.2) is 11.5 Å². The van der Waals surface area contributed by atoms with Crippen molar-refractivity contribution in [1.29, 1.82) is 0 Å². The Bertz CT molecular complexity index is 317. The molecular formula is C13H22NO3+. The average molecular weight is 240 g/mol. The highest BCUT2D eigenvalue weighted by Crippen LogP contribution is 2.36. The van der Waals surface area contributed by atoms with Crippen LogP contribution in [0, 0.1) is 0 Å². The van der Waals surface area contributed by atoms with E-state index in [4.69, 9.17) is 14.2 Å². The first kappa shape index (κ1) is 13.6. The van der Waals surface area contributed by atoms with Gasteiger partial charge in [-0.3, -0.25) is 0 Å². The first-order chi connectivity index (χ1) is 8.19. The van der Waals surface area contributed by atoms with E-state index in [1.165, 1.54) is 4.90 Å². The highest BCUT2D eigenvalue weighted by atomic mass is 16.5. The molecule has 0 radical (unpaired) electrons. The third-order valence-electron chi connectivity index (χ3n) is 2.45. The van der Waals surface area contributed by atoms with Crippen molar-refractivity contribution in [2.24, 2.45) is 0 Å². The zero-order valence-corrected chi connectivity index (χ0v) is 11.1. The predicted molar refractivity (Wildman–Crippen MR) is 67.3 cm³/mol. The van der Waals surface area contributed by atoms with Crippen molar-refractivity contribution in [2.75, 3.05) is 41.5 Å². The molecule has 0 fully saturated rings. The lowest BCUT2D eigenvalue weighted by Crippen LogP contribution is -3.05. The van der Waals surface area contributed by atoms with Crippen molar-refractivity contribution < 1.29 is 19.1 Å². The quantitative estimate of drug-likeness (QED) is 0.709. The van der Waals surface area contributed by atoms with Crippen molar-refractivity contribution in [3.05, 3.63) is 18.2 Å². The highest BCUT2D eigenvalue weighted by molar-refractivity contribution is 5.50. The molecule has 0 heterocycles. The van der Waals surface area contributed by atoms with Crippen LogP contribution >= 0.6 is 0 Å². The first-order valence-corrected chi connectivity index (χ1v) is 5.82. The third-order valence-corrected chi connectivity index (χ3v) is 2.45. The van der Waals surface area contributed by atoms with E-state index >= 15 is 0 Å². The van der Waals surface area contributed by atoms with Gasteiger partial charge in [0.05, 0.1) is 41.5 Å². The molecule has 1 aromatic carbocycles. The van der Waals surface area contributed by atoms with Crippen molar-refractivity contribution in [1.82, 2.24) is 0 Å². The lowest BCUT2D eigenvalue weighted by atomic mass is 10.3. The van der Waals surface area contributed by atoms with Gasteiger partial charge in [0.25, 0.3) is 0 Å². The summed E-state index contributed by atoms with van der Waals surface area (Å²) >= 11 is 0. The molecule has 0 saturated carbocycles. The summed E-state index contributed by atoms with van der Waals surface area (Å²) in [6, 6.07) is 5.62. The molecule has 0 bridgehead atoms. The second-order valence-corrected chi connectivity index (χ2v) is 4.15. The van der Waals surface area contributed by atoms with Gasteiger partial charge in [0, 0.05) is 6.42 Å². The summed E-state index contributed by atoms with van der Waals surface area (Å²) in [6.07, 6.45) is 1.00. The van der Waals surface area contributed by atoms with E-state index in [-0.39, 0.29) is 0 Å². The molecule has 0 aliphatic carbocycles. The molecule has 96 valence electrons. The molecule has 0 atom stereocenters. The van der Waals surface area contributed by atoms with Gasteiger partial charge >= 0.3 is 0 Å². The first-order valence-electron chi connectivity index (χ1n) is 5.82. The van der Waals surface area contributed by atoms with Crippen LogP contribution in [0.1, 0.15) is 6.42 Å². The van der Waals surface area contributed by atoms with Crippen LogP contribution in [0.15, 0.2) is 18.2 Å². The van der Waals surface area contributed by atoms with E-state index < -0.39 is 0 Å². The van der Waals surface area contributed by atoms with Crippen LogP contribution in [-0.2, 0) is 0 Å². The number of quaternary nitrogens is 1. The van der Waals surface area contributed by atoms with E-state index in [2.05, 4.69) is 14.1 Å². The van der Waals surface area contributed by atoms with Gasteiger partial charge in [-0.15, -0.1) is 0 Å².